The number of hydrogen-bond acceptors (Lipinski definition) is 7. The predicted octanol–water partition coefficient (Wildman–Crippen LogP) is 1.10. The summed E-state index contributed by atoms with van der Waals surface area (Å²) in [6.07, 6.45) is -0.887. The van der Waals surface area contributed by atoms with Gasteiger partial charge in [0.2, 0.25) is 17.7 Å². The third-order valence-electron chi connectivity index (χ3n) is 5.62. The fourth-order valence-electron chi connectivity index (χ4n) is 3.38. The number of esters is 1. The van der Waals surface area contributed by atoms with Crippen LogP contribution in [0.25, 0.3) is 0 Å². The van der Waals surface area contributed by atoms with Crippen LogP contribution < -0.4 is 16.0 Å². The average Bonchev–Trinajstić information content (AvgIpc) is 2.82. The normalized spacial score (nSPS) is 15.6. The van der Waals surface area contributed by atoms with Crippen molar-refractivity contribution in [1.82, 2.24) is 16.0 Å². The second-order valence-corrected chi connectivity index (χ2v) is 9.82. The van der Waals surface area contributed by atoms with Crippen LogP contribution in [0.3, 0.4) is 0 Å². The first-order valence-corrected chi connectivity index (χ1v) is 12.1. The maximum Gasteiger partial charge on any atom is 0.336 e. The summed E-state index contributed by atoms with van der Waals surface area (Å²) in [6, 6.07) is 6.07. The Bertz CT molecular complexity index is 870. The van der Waals surface area contributed by atoms with Crippen molar-refractivity contribution in [2.75, 3.05) is 13.7 Å². The predicted molar refractivity (Wildman–Crippen MR) is 135 cm³/mol. The van der Waals surface area contributed by atoms with Crippen LogP contribution in [0.1, 0.15) is 53.5 Å². The van der Waals surface area contributed by atoms with Crippen LogP contribution in [0.4, 0.5) is 0 Å². The molecule has 0 aromatic heterocycles. The minimum absolute atomic E-state index is 0.0819. The molecule has 0 aliphatic rings. The molecule has 10 heteroatoms. The van der Waals surface area contributed by atoms with Gasteiger partial charge < -0.3 is 30.5 Å². The Morgan fingerprint density at radius 2 is 1.61 bits per heavy atom. The highest BCUT2D eigenvalue weighted by atomic mass is 16.5. The Labute approximate surface area is 213 Å². The molecule has 10 nitrogen and oxygen atoms in total. The number of nitrogens with one attached hydrogen (secondary N) is 3. The maximum atomic E-state index is 13.3. The van der Waals surface area contributed by atoms with Crippen LogP contribution in [-0.2, 0) is 35.1 Å². The molecule has 0 aliphatic heterocycles. The molecule has 1 unspecified atom stereocenters. The lowest BCUT2D eigenvalue weighted by Crippen LogP contribution is -2.59. The Morgan fingerprint density at radius 3 is 2.11 bits per heavy atom. The Hall–Kier alpha value is -2.98. The second kappa shape index (κ2) is 14.5. The van der Waals surface area contributed by atoms with Crippen molar-refractivity contribution >= 4 is 23.7 Å². The molecule has 0 saturated carbocycles. The van der Waals surface area contributed by atoms with Gasteiger partial charge in [-0.05, 0) is 38.7 Å². The molecule has 0 aliphatic carbocycles. The van der Waals surface area contributed by atoms with Crippen molar-refractivity contribution in [3.8, 4) is 0 Å². The summed E-state index contributed by atoms with van der Waals surface area (Å²) in [6.45, 7) is 10.3. The summed E-state index contributed by atoms with van der Waals surface area (Å²) in [5.41, 5.74) is 0.249. The number of ether oxygens (including phenoxy) is 2. The van der Waals surface area contributed by atoms with Crippen molar-refractivity contribution in [3.05, 3.63) is 35.9 Å². The summed E-state index contributed by atoms with van der Waals surface area (Å²) < 4.78 is 10.3. The van der Waals surface area contributed by atoms with Crippen LogP contribution in [0.5, 0.6) is 0 Å². The van der Waals surface area contributed by atoms with Crippen LogP contribution in [0.15, 0.2) is 30.3 Å². The van der Waals surface area contributed by atoms with Crippen molar-refractivity contribution in [3.63, 3.8) is 0 Å². The quantitative estimate of drug-likeness (QED) is 0.293. The van der Waals surface area contributed by atoms with E-state index < -0.39 is 53.5 Å². The SMILES string of the molecule is CC[C@H](C)[C@H](NC(=O)[C@H](COC(C)(C)C)NC(C)=O)C(=O)N[C@@H](Cc1ccccc1)C(O)C(=O)OC. The van der Waals surface area contributed by atoms with E-state index in [1.165, 1.54) is 6.92 Å². The molecule has 1 aromatic carbocycles. The van der Waals surface area contributed by atoms with Gasteiger partial charge in [0.1, 0.15) is 12.1 Å². The zero-order valence-corrected chi connectivity index (χ0v) is 22.3. The molecular formula is C26H41N3O7. The van der Waals surface area contributed by atoms with Crippen LogP contribution in [0, 0.1) is 5.92 Å². The van der Waals surface area contributed by atoms with Gasteiger partial charge in [-0.2, -0.15) is 0 Å². The molecule has 1 aromatic rings. The van der Waals surface area contributed by atoms with Gasteiger partial charge in [-0.25, -0.2) is 4.79 Å². The van der Waals surface area contributed by atoms with E-state index in [1.807, 2.05) is 58.0 Å². The van der Waals surface area contributed by atoms with E-state index in [1.54, 1.807) is 6.92 Å². The lowest BCUT2D eigenvalue weighted by Gasteiger charge is -2.30. The minimum atomic E-state index is -1.61. The summed E-state index contributed by atoms with van der Waals surface area (Å²) in [5, 5.41) is 18.5. The molecule has 0 radical (unpaired) electrons. The molecule has 1 rings (SSSR count). The molecule has 0 fully saturated rings. The molecule has 0 bridgehead atoms. The van der Waals surface area contributed by atoms with E-state index in [0.717, 1.165) is 12.7 Å². The van der Waals surface area contributed by atoms with E-state index in [0.29, 0.717) is 6.42 Å². The van der Waals surface area contributed by atoms with Gasteiger partial charge in [-0.1, -0.05) is 50.6 Å². The summed E-state index contributed by atoms with van der Waals surface area (Å²) in [4.78, 5) is 50.2. The zero-order valence-electron chi connectivity index (χ0n) is 22.3. The fourth-order valence-corrected chi connectivity index (χ4v) is 3.38. The lowest BCUT2D eigenvalue weighted by molar-refractivity contribution is -0.152. The number of methoxy groups -OCH3 is 1. The molecule has 0 spiro atoms. The standard InChI is InChI=1S/C26H41N3O7/c1-8-16(2)21(29-23(32)20(27-17(3)30)15-36-26(4,5)6)24(33)28-19(22(31)25(34)35-7)14-18-12-10-9-11-13-18/h9-13,16,19-22,31H,8,14-15H2,1-7H3,(H,27,30)(H,28,33)(H,29,32)/t16-,19-,20-,21-,22?/m0/s1. The van der Waals surface area contributed by atoms with E-state index in [2.05, 4.69) is 20.7 Å². The van der Waals surface area contributed by atoms with Gasteiger partial charge >= 0.3 is 5.97 Å². The van der Waals surface area contributed by atoms with Crippen molar-refractivity contribution < 1.29 is 33.8 Å². The number of hydrogen-bond donors (Lipinski definition) is 4. The molecule has 202 valence electrons. The molecule has 36 heavy (non-hydrogen) atoms. The third-order valence-corrected chi connectivity index (χ3v) is 5.62. The van der Waals surface area contributed by atoms with Crippen molar-refractivity contribution in [1.29, 1.82) is 0 Å². The highest BCUT2D eigenvalue weighted by Crippen LogP contribution is 2.13. The number of carbonyl (C=O) groups excluding carboxylic acids is 4. The largest absolute Gasteiger partial charge is 0.467 e. The summed E-state index contributed by atoms with van der Waals surface area (Å²) in [7, 11) is 1.15. The maximum absolute atomic E-state index is 13.3. The minimum Gasteiger partial charge on any atom is -0.467 e. The van der Waals surface area contributed by atoms with Crippen molar-refractivity contribution in [2.24, 2.45) is 5.92 Å². The van der Waals surface area contributed by atoms with Gasteiger partial charge in [0, 0.05) is 6.92 Å². The smallest absolute Gasteiger partial charge is 0.336 e. The highest BCUT2D eigenvalue weighted by Gasteiger charge is 2.34. The molecule has 4 N–H and O–H groups in total. The van der Waals surface area contributed by atoms with Crippen LogP contribution >= 0.6 is 0 Å². The average molecular weight is 508 g/mol. The Morgan fingerprint density at radius 1 is 1.00 bits per heavy atom. The Kier molecular flexibility index (Phi) is 12.5. The number of aliphatic hydroxyl groups is 1. The van der Waals surface area contributed by atoms with E-state index >= 15 is 0 Å². The van der Waals surface area contributed by atoms with E-state index in [9.17, 15) is 24.3 Å². The number of rotatable bonds is 13. The first-order chi connectivity index (χ1) is 16.8. The number of benzene rings is 1. The third kappa shape index (κ3) is 10.7. The van der Waals surface area contributed by atoms with Gasteiger partial charge in [-0.3, -0.25) is 14.4 Å². The van der Waals surface area contributed by atoms with Crippen molar-refractivity contribution in [2.45, 2.75) is 84.2 Å². The molecular weight excluding hydrogens is 466 g/mol. The molecule has 0 saturated heterocycles. The fraction of sp³-hybridized carbons (Fsp3) is 0.615. The van der Waals surface area contributed by atoms with Gasteiger partial charge in [0.15, 0.2) is 6.10 Å². The van der Waals surface area contributed by atoms with Gasteiger partial charge in [-0.15, -0.1) is 0 Å². The zero-order chi connectivity index (χ0) is 27.5. The monoisotopic (exact) mass is 507 g/mol. The molecule has 3 amide bonds. The highest BCUT2D eigenvalue weighted by molar-refractivity contribution is 5.92. The number of aliphatic hydroxyl groups excluding tert-OH is 1. The van der Waals surface area contributed by atoms with Gasteiger partial charge in [0.25, 0.3) is 0 Å². The summed E-state index contributed by atoms with van der Waals surface area (Å²) >= 11 is 0. The van der Waals surface area contributed by atoms with Gasteiger partial charge in [0.05, 0.1) is 25.4 Å². The number of amides is 3. The molecule has 5 atom stereocenters. The van der Waals surface area contributed by atoms with Crippen LogP contribution in [0.2, 0.25) is 0 Å². The van der Waals surface area contributed by atoms with E-state index in [4.69, 9.17) is 4.74 Å². The van der Waals surface area contributed by atoms with E-state index in [-0.39, 0.29) is 18.9 Å². The summed E-state index contributed by atoms with van der Waals surface area (Å²) in [5.74, 6) is -2.74. The van der Waals surface area contributed by atoms with Crippen LogP contribution in [-0.4, -0.2) is 72.3 Å². The second-order valence-electron chi connectivity index (χ2n) is 9.82. The number of carbonyl (C=O) groups is 4. The Balaban J connectivity index is 3.12. The first-order valence-electron chi connectivity index (χ1n) is 12.1. The lowest BCUT2D eigenvalue weighted by atomic mass is 9.95. The first kappa shape index (κ1) is 31.1. The topological polar surface area (TPSA) is 143 Å². The molecule has 0 heterocycles.